The molecule has 0 amide bonds. The number of benzene rings is 2. The molecular weight excluding hydrogens is 633 g/mol. The number of rotatable bonds is 13. The van der Waals surface area contributed by atoms with Gasteiger partial charge in [-0.05, 0) is 87.3 Å². The molecule has 0 spiro atoms. The molecule has 1 aliphatic heterocycles. The van der Waals surface area contributed by atoms with Gasteiger partial charge >= 0.3 is 5.97 Å². The molecule has 1 unspecified atom stereocenters. The van der Waals surface area contributed by atoms with Gasteiger partial charge in [0.25, 0.3) is 0 Å². The molecule has 266 valence electrons. The molecule has 1 aromatic heterocycles. The fraction of sp³-hybridized carbons (Fsp3) is 0.538. The summed E-state index contributed by atoms with van der Waals surface area (Å²) in [4.78, 5) is 20.1. The second kappa shape index (κ2) is 14.7. The maximum atomic E-state index is 13.5. The number of pyridine rings is 1. The Morgan fingerprint density at radius 2 is 1.67 bits per heavy atom. The highest BCUT2D eigenvalue weighted by Gasteiger charge is 2.45. The highest BCUT2D eigenvalue weighted by atomic mass is 19.3. The first-order chi connectivity index (χ1) is 23.0. The van der Waals surface area contributed by atoms with Gasteiger partial charge in [0.15, 0.2) is 6.10 Å². The van der Waals surface area contributed by atoms with E-state index in [9.17, 15) is 23.1 Å². The van der Waals surface area contributed by atoms with Crippen LogP contribution in [0.3, 0.4) is 0 Å². The van der Waals surface area contributed by atoms with Crippen LogP contribution in [-0.4, -0.2) is 53.9 Å². The van der Waals surface area contributed by atoms with E-state index in [1.165, 1.54) is 12.1 Å². The number of aryl methyl sites for hydroxylation is 1. The first-order valence-electron chi connectivity index (χ1n) is 17.1. The first kappa shape index (κ1) is 36.6. The monoisotopic (exact) mass is 682 g/mol. The van der Waals surface area contributed by atoms with Crippen molar-refractivity contribution in [3.63, 3.8) is 0 Å². The van der Waals surface area contributed by atoms with E-state index in [1.54, 1.807) is 19.1 Å². The molecule has 1 saturated heterocycles. The van der Waals surface area contributed by atoms with E-state index in [4.69, 9.17) is 19.2 Å². The lowest BCUT2D eigenvalue weighted by Crippen LogP contribution is -2.39. The van der Waals surface area contributed by atoms with Crippen molar-refractivity contribution >= 4 is 11.7 Å². The number of anilines is 1. The van der Waals surface area contributed by atoms with Gasteiger partial charge in [-0.1, -0.05) is 38.1 Å². The molecule has 10 heteroatoms. The van der Waals surface area contributed by atoms with Crippen molar-refractivity contribution in [2.45, 2.75) is 97.9 Å². The second-order valence-electron chi connectivity index (χ2n) is 15.3. The maximum Gasteiger partial charge on any atom is 0.337 e. The van der Waals surface area contributed by atoms with Crippen LogP contribution in [0.25, 0.3) is 11.1 Å². The molecule has 1 N–H and O–H groups in total. The minimum Gasteiger partial charge on any atom is -0.493 e. The zero-order valence-electron chi connectivity index (χ0n) is 29.5. The van der Waals surface area contributed by atoms with E-state index in [0.717, 1.165) is 35.2 Å². The van der Waals surface area contributed by atoms with Crippen LogP contribution in [0.5, 0.6) is 5.75 Å². The number of aliphatic carboxylic acids is 1. The van der Waals surface area contributed by atoms with E-state index >= 15 is 0 Å². The van der Waals surface area contributed by atoms with E-state index in [0.29, 0.717) is 48.8 Å². The average molecular weight is 683 g/mol. The standard InChI is InChI=1S/C39H49F3N2O5/c1-25-32(35(36(45)46)49-37(2,3)4)34(44-18-16-38(5,6)17-19-44)33(31(43-25)24-47-23-27-21-39(41,42)22-27)28-9-13-30(14-10-28)48-20-15-26-7-11-29(40)12-8-26/h7-14,27,35H,15-24H2,1-6H3,(H,45,46). The first-order valence-corrected chi connectivity index (χ1v) is 17.1. The number of carboxylic acid groups (broad SMARTS) is 1. The molecule has 1 aliphatic carbocycles. The third kappa shape index (κ3) is 9.54. The third-order valence-electron chi connectivity index (χ3n) is 9.35. The Labute approximate surface area is 287 Å². The van der Waals surface area contributed by atoms with Crippen LogP contribution in [0.1, 0.15) is 88.9 Å². The molecular formula is C39H49F3N2O5. The van der Waals surface area contributed by atoms with Crippen molar-refractivity contribution in [2.24, 2.45) is 11.3 Å². The van der Waals surface area contributed by atoms with E-state index in [-0.39, 0.29) is 43.2 Å². The van der Waals surface area contributed by atoms with Gasteiger partial charge in [0.2, 0.25) is 5.92 Å². The van der Waals surface area contributed by atoms with Crippen LogP contribution in [0.4, 0.5) is 18.9 Å². The summed E-state index contributed by atoms with van der Waals surface area (Å²) in [5.41, 5.74) is 4.26. The van der Waals surface area contributed by atoms with Crippen molar-refractivity contribution in [3.05, 3.63) is 76.9 Å². The number of hydrogen-bond acceptors (Lipinski definition) is 6. The minimum atomic E-state index is -2.63. The van der Waals surface area contributed by atoms with E-state index in [1.807, 2.05) is 45.0 Å². The quantitative estimate of drug-likeness (QED) is 0.193. The van der Waals surface area contributed by atoms with Crippen molar-refractivity contribution in [1.82, 2.24) is 4.98 Å². The smallest absolute Gasteiger partial charge is 0.337 e. The van der Waals surface area contributed by atoms with Gasteiger partial charge in [0, 0.05) is 49.2 Å². The number of carbonyl (C=O) groups is 1. The summed E-state index contributed by atoms with van der Waals surface area (Å²) < 4.78 is 58.7. The Morgan fingerprint density at radius 1 is 1.04 bits per heavy atom. The average Bonchev–Trinajstić information content (AvgIpc) is 3.00. The molecule has 7 nitrogen and oxygen atoms in total. The SMILES string of the molecule is Cc1nc(COCC2CC(F)(F)C2)c(-c2ccc(OCCc3ccc(F)cc3)cc2)c(N2CCC(C)(C)CC2)c1C(OC(C)(C)C)C(=O)O. The van der Waals surface area contributed by atoms with Crippen molar-refractivity contribution in [3.8, 4) is 16.9 Å². The van der Waals surface area contributed by atoms with Gasteiger partial charge in [0.1, 0.15) is 11.6 Å². The zero-order chi connectivity index (χ0) is 35.6. The van der Waals surface area contributed by atoms with Crippen LogP contribution >= 0.6 is 0 Å². The number of carboxylic acids is 1. The van der Waals surface area contributed by atoms with E-state index < -0.39 is 23.6 Å². The number of nitrogens with zero attached hydrogens (tertiary/aromatic N) is 2. The summed E-state index contributed by atoms with van der Waals surface area (Å²) in [6, 6.07) is 13.9. The van der Waals surface area contributed by atoms with Crippen LogP contribution in [0.2, 0.25) is 0 Å². The van der Waals surface area contributed by atoms with Crippen LogP contribution < -0.4 is 9.64 Å². The van der Waals surface area contributed by atoms with Crippen molar-refractivity contribution < 1.29 is 37.3 Å². The van der Waals surface area contributed by atoms with E-state index in [2.05, 4.69) is 18.7 Å². The number of alkyl halides is 2. The number of hydrogen-bond donors (Lipinski definition) is 1. The van der Waals surface area contributed by atoms with Gasteiger partial charge in [-0.3, -0.25) is 4.98 Å². The molecule has 1 saturated carbocycles. The number of aromatic nitrogens is 1. The largest absolute Gasteiger partial charge is 0.493 e. The predicted octanol–water partition coefficient (Wildman–Crippen LogP) is 8.95. The highest BCUT2D eigenvalue weighted by Crippen LogP contribution is 2.46. The minimum absolute atomic E-state index is 0.0820. The van der Waals surface area contributed by atoms with Crippen LogP contribution in [-0.2, 0) is 27.3 Å². The van der Waals surface area contributed by atoms with Crippen molar-refractivity contribution in [2.75, 3.05) is 31.2 Å². The number of ether oxygens (including phenoxy) is 3. The topological polar surface area (TPSA) is 81.1 Å². The van der Waals surface area contributed by atoms with Crippen LogP contribution in [0, 0.1) is 24.1 Å². The summed E-state index contributed by atoms with van der Waals surface area (Å²) in [6.07, 6.45) is 0.778. The summed E-state index contributed by atoms with van der Waals surface area (Å²) in [5, 5.41) is 10.6. The third-order valence-corrected chi connectivity index (χ3v) is 9.35. The van der Waals surface area contributed by atoms with Crippen molar-refractivity contribution in [1.29, 1.82) is 0 Å². The predicted molar refractivity (Wildman–Crippen MR) is 184 cm³/mol. The maximum absolute atomic E-state index is 13.5. The lowest BCUT2D eigenvalue weighted by atomic mass is 9.81. The Hall–Kier alpha value is -3.63. The molecule has 0 bridgehead atoms. The second-order valence-corrected chi connectivity index (χ2v) is 15.3. The Balaban J connectivity index is 1.54. The fourth-order valence-electron chi connectivity index (χ4n) is 6.61. The van der Waals surface area contributed by atoms with Gasteiger partial charge < -0.3 is 24.2 Å². The molecule has 0 radical (unpaired) electrons. The summed E-state index contributed by atoms with van der Waals surface area (Å²) in [6.45, 7) is 13.9. The molecule has 2 aromatic carbocycles. The van der Waals surface area contributed by atoms with Gasteiger partial charge in [-0.25, -0.2) is 18.0 Å². The van der Waals surface area contributed by atoms with Crippen LogP contribution in [0.15, 0.2) is 48.5 Å². The van der Waals surface area contributed by atoms with Gasteiger partial charge in [-0.2, -0.15) is 0 Å². The summed E-state index contributed by atoms with van der Waals surface area (Å²) >= 11 is 0. The molecule has 3 aromatic rings. The molecule has 2 heterocycles. The Kier molecular flexibility index (Phi) is 11.0. The molecule has 49 heavy (non-hydrogen) atoms. The lowest BCUT2D eigenvalue weighted by molar-refractivity contribution is -0.160. The number of piperidine rings is 1. The Morgan fingerprint density at radius 3 is 2.24 bits per heavy atom. The molecule has 1 atom stereocenters. The Bertz CT molecular complexity index is 1580. The zero-order valence-corrected chi connectivity index (χ0v) is 29.5. The number of halogens is 3. The van der Waals surface area contributed by atoms with Gasteiger partial charge in [-0.15, -0.1) is 0 Å². The summed E-state index contributed by atoms with van der Waals surface area (Å²) in [7, 11) is 0. The lowest BCUT2D eigenvalue weighted by Gasteiger charge is -2.41. The molecule has 2 aliphatic rings. The fourth-order valence-corrected chi connectivity index (χ4v) is 6.61. The van der Waals surface area contributed by atoms with Gasteiger partial charge in [0.05, 0.1) is 36.8 Å². The normalized spacial score (nSPS) is 18.2. The highest BCUT2D eigenvalue weighted by molar-refractivity contribution is 5.88. The molecule has 5 rings (SSSR count). The molecule has 2 fully saturated rings. The summed E-state index contributed by atoms with van der Waals surface area (Å²) in [5.74, 6) is -3.59.